The normalized spacial score (nSPS) is 9.33. The predicted octanol–water partition coefficient (Wildman–Crippen LogP) is 3.54. The number of fused-ring (bicyclic) bond motifs is 1. The van der Waals surface area contributed by atoms with Crippen LogP contribution in [0.4, 0.5) is 0 Å². The molecule has 0 aliphatic heterocycles. The third kappa shape index (κ3) is 2.82. The molecule has 1 aromatic carbocycles. The molecule has 0 radical (unpaired) electrons. The zero-order chi connectivity index (χ0) is 10.8. The van der Waals surface area contributed by atoms with Crippen molar-refractivity contribution in [3.05, 3.63) is 68.4 Å². The van der Waals surface area contributed by atoms with Crippen LogP contribution in [0.15, 0.2) is 54.9 Å². The summed E-state index contributed by atoms with van der Waals surface area (Å²) in [5, 5.41) is 1.07. The van der Waals surface area contributed by atoms with Crippen LogP contribution >= 0.6 is 0 Å². The van der Waals surface area contributed by atoms with Crippen molar-refractivity contribution in [2.24, 2.45) is 0 Å². The first-order chi connectivity index (χ1) is 7.95. The molecule has 0 saturated carbocycles. The van der Waals surface area contributed by atoms with E-state index in [1.165, 1.54) is 0 Å². The smallest absolute Gasteiger partial charge is 0.358 e. The molecule has 2 heterocycles. The average molecular weight is 309 g/mol. The van der Waals surface area contributed by atoms with Crippen molar-refractivity contribution in [3.63, 3.8) is 0 Å². The number of hydrogen-bond donors (Lipinski definition) is 0. The summed E-state index contributed by atoms with van der Waals surface area (Å²) in [5.41, 5.74) is 3.07. The van der Waals surface area contributed by atoms with E-state index in [1.807, 2.05) is 36.4 Å². The number of benzene rings is 1. The molecule has 0 aliphatic rings. The molecule has 0 unspecified atom stereocenters. The van der Waals surface area contributed by atoms with Crippen molar-refractivity contribution in [3.8, 4) is 11.1 Å². The van der Waals surface area contributed by atoms with E-state index < -0.39 is 0 Å². The third-order valence-corrected chi connectivity index (χ3v) is 2.53. The van der Waals surface area contributed by atoms with Gasteiger partial charge in [0.1, 0.15) is 0 Å². The Balaban J connectivity index is 0.000000810. The second-order valence-corrected chi connectivity index (χ2v) is 3.53. The molecular formula is C15H12N2Y+. The number of rotatable bonds is 1. The number of hydrogen-bond acceptors (Lipinski definition) is 2. The quantitative estimate of drug-likeness (QED) is 0.643. The van der Waals surface area contributed by atoms with Gasteiger partial charge in [-0.05, 0) is 12.1 Å². The Morgan fingerprint density at radius 2 is 1.78 bits per heavy atom. The fourth-order valence-electron chi connectivity index (χ4n) is 1.79. The van der Waals surface area contributed by atoms with E-state index in [0.717, 1.165) is 22.2 Å². The van der Waals surface area contributed by atoms with Gasteiger partial charge < -0.3 is 7.43 Å². The van der Waals surface area contributed by atoms with E-state index in [1.54, 1.807) is 12.4 Å². The molecule has 0 bridgehead atoms. The van der Waals surface area contributed by atoms with E-state index in [2.05, 4.69) is 22.1 Å². The molecule has 2 aromatic heterocycles. The van der Waals surface area contributed by atoms with Gasteiger partial charge in [-0.25, -0.2) is 9.97 Å². The number of aromatic nitrogens is 2. The van der Waals surface area contributed by atoms with Gasteiger partial charge in [0.15, 0.2) is 5.65 Å². The summed E-state index contributed by atoms with van der Waals surface area (Å²) in [6.45, 7) is 0. The Bertz CT molecular complexity index is 618. The van der Waals surface area contributed by atoms with Gasteiger partial charge in [0, 0.05) is 17.8 Å². The van der Waals surface area contributed by atoms with Gasteiger partial charge in [-0.15, -0.1) is 5.56 Å². The molecule has 3 heteroatoms. The molecule has 0 N–H and O–H groups in total. The first-order valence-electron chi connectivity index (χ1n) is 5.11. The van der Waals surface area contributed by atoms with Crippen molar-refractivity contribution in [1.82, 2.24) is 9.97 Å². The molecule has 2 nitrogen and oxygen atoms in total. The minimum Gasteiger partial charge on any atom is -0.358 e. The fraction of sp³-hybridized carbons (Fsp3) is 0. The second-order valence-electron chi connectivity index (χ2n) is 3.53. The molecule has 3 rings (SSSR count). The van der Waals surface area contributed by atoms with Crippen LogP contribution in [0.2, 0.25) is 0 Å². The third-order valence-electron chi connectivity index (χ3n) is 2.53. The van der Waals surface area contributed by atoms with Crippen LogP contribution < -0.4 is 0 Å². The van der Waals surface area contributed by atoms with Gasteiger partial charge in [0.05, 0.1) is 0 Å². The maximum Gasteiger partial charge on any atom is 3.00 e. The van der Waals surface area contributed by atoms with Crippen molar-refractivity contribution in [2.45, 2.75) is 0 Å². The molecule has 0 saturated heterocycles. The first kappa shape index (κ1) is 14.9. The van der Waals surface area contributed by atoms with Crippen LogP contribution in [0.1, 0.15) is 0 Å². The molecule has 18 heavy (non-hydrogen) atoms. The van der Waals surface area contributed by atoms with Crippen molar-refractivity contribution >= 4 is 11.0 Å². The van der Waals surface area contributed by atoms with Gasteiger partial charge in [-0.2, -0.15) is 30.3 Å². The Morgan fingerprint density at radius 1 is 0.944 bits per heavy atom. The SMILES string of the molecule is [CH3-].[Y+3].[c-]1cccc(-c2ccnc3ncccc23)c1. The molecule has 0 aliphatic carbocycles. The first-order valence-corrected chi connectivity index (χ1v) is 5.11. The largest absolute Gasteiger partial charge is 3.00 e. The van der Waals surface area contributed by atoms with Crippen LogP contribution in [-0.4, -0.2) is 9.97 Å². The minimum absolute atomic E-state index is 0. The molecule has 0 fully saturated rings. The average Bonchev–Trinajstić information content (AvgIpc) is 2.39. The maximum absolute atomic E-state index is 4.25. The van der Waals surface area contributed by atoms with E-state index in [4.69, 9.17) is 0 Å². The van der Waals surface area contributed by atoms with Crippen molar-refractivity contribution < 1.29 is 32.7 Å². The van der Waals surface area contributed by atoms with Crippen LogP contribution in [0, 0.1) is 13.5 Å². The minimum atomic E-state index is 0. The molecule has 3 aromatic rings. The molecular weight excluding hydrogens is 297 g/mol. The summed E-state index contributed by atoms with van der Waals surface area (Å²) in [5.74, 6) is 0. The maximum atomic E-state index is 4.25. The number of nitrogens with zero attached hydrogens (tertiary/aromatic N) is 2. The summed E-state index contributed by atoms with van der Waals surface area (Å²) in [7, 11) is 0. The van der Waals surface area contributed by atoms with Gasteiger partial charge in [-0.3, -0.25) is 0 Å². The van der Waals surface area contributed by atoms with Crippen LogP contribution in [-0.2, 0) is 32.7 Å². The van der Waals surface area contributed by atoms with Gasteiger partial charge in [-0.1, -0.05) is 11.6 Å². The second kappa shape index (κ2) is 6.72. The Morgan fingerprint density at radius 3 is 2.56 bits per heavy atom. The standard InChI is InChI=1S/C14H9N2.CH3.Y/c1-2-5-11(6-3-1)12-8-10-16-14-13(12)7-4-9-15-14;;/h1-2,4-10H;1H3;/q2*-1;+3. The van der Waals surface area contributed by atoms with E-state index >= 15 is 0 Å². The fourth-order valence-corrected chi connectivity index (χ4v) is 1.79. The topological polar surface area (TPSA) is 25.8 Å². The van der Waals surface area contributed by atoms with Crippen LogP contribution in [0.3, 0.4) is 0 Å². The summed E-state index contributed by atoms with van der Waals surface area (Å²) in [6, 6.07) is 17.0. The van der Waals surface area contributed by atoms with Crippen LogP contribution in [0.5, 0.6) is 0 Å². The Kier molecular flexibility index (Phi) is 5.58. The van der Waals surface area contributed by atoms with E-state index in [-0.39, 0.29) is 40.1 Å². The van der Waals surface area contributed by atoms with Gasteiger partial charge in [0.25, 0.3) is 0 Å². The molecule has 0 amide bonds. The Hall–Kier alpha value is -1.12. The zero-order valence-corrected chi connectivity index (χ0v) is 13.0. The monoisotopic (exact) mass is 309 g/mol. The van der Waals surface area contributed by atoms with Crippen LogP contribution in [0.25, 0.3) is 22.2 Å². The van der Waals surface area contributed by atoms with Crippen molar-refractivity contribution in [2.75, 3.05) is 0 Å². The summed E-state index contributed by atoms with van der Waals surface area (Å²) < 4.78 is 0. The zero-order valence-electron chi connectivity index (χ0n) is 10.2. The predicted molar refractivity (Wildman–Crippen MR) is 70.2 cm³/mol. The molecule has 0 spiro atoms. The van der Waals surface area contributed by atoms with Gasteiger partial charge in [0.2, 0.25) is 0 Å². The summed E-state index contributed by atoms with van der Waals surface area (Å²) in [6.07, 6.45) is 3.55. The van der Waals surface area contributed by atoms with E-state index in [0.29, 0.717) is 0 Å². The molecule has 0 atom stereocenters. The summed E-state index contributed by atoms with van der Waals surface area (Å²) in [4.78, 5) is 8.49. The van der Waals surface area contributed by atoms with Gasteiger partial charge >= 0.3 is 32.7 Å². The van der Waals surface area contributed by atoms with Crippen molar-refractivity contribution in [1.29, 1.82) is 0 Å². The molecule has 84 valence electrons. The number of pyridine rings is 2. The Labute approximate surface area is 132 Å². The summed E-state index contributed by atoms with van der Waals surface area (Å²) >= 11 is 0. The van der Waals surface area contributed by atoms with E-state index in [9.17, 15) is 0 Å².